The Bertz CT molecular complexity index is 919. The predicted molar refractivity (Wildman–Crippen MR) is 134 cm³/mol. The minimum atomic E-state index is -0.122. The van der Waals surface area contributed by atoms with Crippen LogP contribution in [0.15, 0.2) is 53.5 Å². The summed E-state index contributed by atoms with van der Waals surface area (Å²) >= 11 is 5.95. The molecule has 0 spiro atoms. The van der Waals surface area contributed by atoms with Gasteiger partial charge in [0.25, 0.3) is 5.91 Å². The summed E-state index contributed by atoms with van der Waals surface area (Å²) in [6.07, 6.45) is 0. The molecule has 1 fully saturated rings. The maximum absolute atomic E-state index is 12.5. The molecule has 1 aliphatic rings. The van der Waals surface area contributed by atoms with Crippen molar-refractivity contribution in [1.82, 2.24) is 20.4 Å². The predicted octanol–water partition coefficient (Wildman–Crippen LogP) is 2.74. The quantitative estimate of drug-likeness (QED) is 0.338. The Labute approximate surface area is 204 Å². The average Bonchev–Trinajstić information content (AvgIpc) is 2.76. The molecule has 9 heteroatoms. The van der Waals surface area contributed by atoms with Gasteiger partial charge in [-0.3, -0.25) is 14.6 Å². The fraction of sp³-hybridized carbons (Fsp3) is 0.318. The highest BCUT2D eigenvalue weighted by Gasteiger charge is 2.22. The Hall–Kier alpha value is -2.33. The van der Waals surface area contributed by atoms with E-state index in [1.54, 1.807) is 24.1 Å². The Balaban J connectivity index is 0.00000341. The molecule has 2 aromatic carbocycles. The van der Waals surface area contributed by atoms with Crippen LogP contribution in [0.3, 0.4) is 0 Å². The first-order chi connectivity index (χ1) is 14.5. The number of carbonyl (C=O) groups is 2. The maximum Gasteiger partial charge on any atom is 0.254 e. The highest BCUT2D eigenvalue weighted by atomic mass is 127. The zero-order valence-electron chi connectivity index (χ0n) is 17.6. The van der Waals surface area contributed by atoms with Crippen molar-refractivity contribution in [2.75, 3.05) is 33.7 Å². The molecule has 2 aromatic rings. The van der Waals surface area contributed by atoms with Crippen molar-refractivity contribution in [3.05, 3.63) is 70.2 Å². The Morgan fingerprint density at radius 3 is 2.42 bits per heavy atom. The third-order valence-electron chi connectivity index (χ3n) is 4.88. The summed E-state index contributed by atoms with van der Waals surface area (Å²) in [5, 5.41) is 6.78. The van der Waals surface area contributed by atoms with E-state index < -0.39 is 0 Å². The molecule has 0 bridgehead atoms. The number of rotatable bonds is 5. The molecule has 1 heterocycles. The van der Waals surface area contributed by atoms with Crippen molar-refractivity contribution in [3.63, 3.8) is 0 Å². The number of halogens is 2. The molecule has 0 aromatic heterocycles. The van der Waals surface area contributed by atoms with Crippen LogP contribution in [-0.2, 0) is 17.9 Å². The summed E-state index contributed by atoms with van der Waals surface area (Å²) in [6, 6.07) is 15.2. The van der Waals surface area contributed by atoms with Crippen LogP contribution in [0.25, 0.3) is 0 Å². The van der Waals surface area contributed by atoms with Crippen molar-refractivity contribution < 1.29 is 9.59 Å². The molecule has 1 aliphatic heterocycles. The van der Waals surface area contributed by atoms with Crippen LogP contribution in [0, 0.1) is 0 Å². The largest absolute Gasteiger partial charge is 0.353 e. The molecule has 2 N–H and O–H groups in total. The summed E-state index contributed by atoms with van der Waals surface area (Å²) in [6.45, 7) is 2.42. The number of carbonyl (C=O) groups excluding carboxylic acids is 2. The lowest BCUT2D eigenvalue weighted by molar-refractivity contribution is -0.123. The van der Waals surface area contributed by atoms with E-state index in [9.17, 15) is 9.59 Å². The number of aliphatic imine (C=N–C) groups is 1. The van der Waals surface area contributed by atoms with Crippen LogP contribution in [0.1, 0.15) is 21.5 Å². The first kappa shape index (κ1) is 24.9. The number of amides is 2. The van der Waals surface area contributed by atoms with E-state index in [2.05, 4.69) is 15.6 Å². The zero-order valence-corrected chi connectivity index (χ0v) is 20.7. The van der Waals surface area contributed by atoms with E-state index in [0.29, 0.717) is 31.7 Å². The monoisotopic (exact) mass is 555 g/mol. The summed E-state index contributed by atoms with van der Waals surface area (Å²) in [5.41, 5.74) is 2.75. The van der Waals surface area contributed by atoms with Crippen LogP contribution >= 0.6 is 35.6 Å². The minimum Gasteiger partial charge on any atom is -0.353 e. The molecule has 2 amide bonds. The molecule has 1 saturated heterocycles. The molecule has 166 valence electrons. The van der Waals surface area contributed by atoms with Crippen molar-refractivity contribution >= 4 is 53.4 Å². The van der Waals surface area contributed by atoms with Crippen molar-refractivity contribution in [2.24, 2.45) is 4.99 Å². The zero-order chi connectivity index (χ0) is 21.5. The molecule has 0 unspecified atom stereocenters. The van der Waals surface area contributed by atoms with Gasteiger partial charge < -0.3 is 20.4 Å². The van der Waals surface area contributed by atoms with Crippen molar-refractivity contribution in [1.29, 1.82) is 0 Å². The van der Waals surface area contributed by atoms with Gasteiger partial charge in [0.15, 0.2) is 5.96 Å². The summed E-state index contributed by atoms with van der Waals surface area (Å²) in [5.74, 6) is 0.525. The van der Waals surface area contributed by atoms with Gasteiger partial charge in [-0.15, -0.1) is 24.0 Å². The van der Waals surface area contributed by atoms with Gasteiger partial charge in [-0.25, -0.2) is 0 Å². The van der Waals surface area contributed by atoms with E-state index in [4.69, 9.17) is 11.6 Å². The molecule has 3 rings (SSSR count). The van der Waals surface area contributed by atoms with Crippen LogP contribution in [0.2, 0.25) is 5.02 Å². The van der Waals surface area contributed by atoms with Crippen LogP contribution in [0.4, 0.5) is 0 Å². The highest BCUT2D eigenvalue weighted by molar-refractivity contribution is 14.0. The highest BCUT2D eigenvalue weighted by Crippen LogP contribution is 2.12. The second-order valence-corrected chi connectivity index (χ2v) is 7.59. The second kappa shape index (κ2) is 11.9. The summed E-state index contributed by atoms with van der Waals surface area (Å²) in [7, 11) is 3.72. The average molecular weight is 556 g/mol. The van der Waals surface area contributed by atoms with E-state index in [1.165, 1.54) is 0 Å². The van der Waals surface area contributed by atoms with Gasteiger partial charge in [0, 0.05) is 50.9 Å². The fourth-order valence-corrected chi connectivity index (χ4v) is 3.39. The standard InChI is InChI=1S/C22H26ClN5O2.HI/c1-24-22(27(2)14-17-5-9-19(23)10-6-17)26-13-16-3-7-18(8-4-16)21(30)28-12-11-25-20(29)15-28;/h3-10H,11-15H2,1-2H3,(H,24,26)(H,25,29);1H. The number of nitrogens with zero attached hydrogens (tertiary/aromatic N) is 3. The van der Waals surface area contributed by atoms with Crippen LogP contribution in [0.5, 0.6) is 0 Å². The Kier molecular flexibility index (Phi) is 9.57. The first-order valence-electron chi connectivity index (χ1n) is 9.77. The number of guanidine groups is 1. The van der Waals surface area contributed by atoms with Gasteiger partial charge in [-0.2, -0.15) is 0 Å². The van der Waals surface area contributed by atoms with E-state index in [-0.39, 0.29) is 42.3 Å². The van der Waals surface area contributed by atoms with E-state index in [0.717, 1.165) is 22.1 Å². The normalized spacial score (nSPS) is 13.8. The maximum atomic E-state index is 12.5. The fourth-order valence-electron chi connectivity index (χ4n) is 3.26. The molecule has 0 atom stereocenters. The van der Waals surface area contributed by atoms with E-state index in [1.807, 2.05) is 48.3 Å². The SMILES string of the molecule is CN=C(NCc1ccc(C(=O)N2CCNC(=O)C2)cc1)N(C)Cc1ccc(Cl)cc1.I. The third kappa shape index (κ3) is 7.10. The Morgan fingerprint density at radius 1 is 1.16 bits per heavy atom. The van der Waals surface area contributed by atoms with Gasteiger partial charge >= 0.3 is 0 Å². The van der Waals surface area contributed by atoms with Crippen LogP contribution < -0.4 is 10.6 Å². The molecule has 7 nitrogen and oxygen atoms in total. The van der Waals surface area contributed by atoms with E-state index >= 15 is 0 Å². The van der Waals surface area contributed by atoms with Gasteiger partial charge in [0.1, 0.15) is 0 Å². The smallest absolute Gasteiger partial charge is 0.254 e. The number of hydrogen-bond donors (Lipinski definition) is 2. The number of nitrogens with one attached hydrogen (secondary N) is 2. The summed E-state index contributed by atoms with van der Waals surface area (Å²) in [4.78, 5) is 32.0. The van der Waals surface area contributed by atoms with Crippen LogP contribution in [-0.4, -0.2) is 61.3 Å². The lowest BCUT2D eigenvalue weighted by Gasteiger charge is -2.26. The molecular formula is C22H27ClIN5O2. The summed E-state index contributed by atoms with van der Waals surface area (Å²) < 4.78 is 0. The molecular weight excluding hydrogens is 529 g/mol. The topological polar surface area (TPSA) is 77.0 Å². The minimum absolute atomic E-state index is 0. The first-order valence-corrected chi connectivity index (χ1v) is 10.1. The van der Waals surface area contributed by atoms with Gasteiger partial charge in [0.05, 0.1) is 6.54 Å². The lowest BCUT2D eigenvalue weighted by atomic mass is 10.1. The van der Waals surface area contributed by atoms with Crippen molar-refractivity contribution in [3.8, 4) is 0 Å². The number of benzene rings is 2. The molecule has 31 heavy (non-hydrogen) atoms. The number of hydrogen-bond acceptors (Lipinski definition) is 3. The third-order valence-corrected chi connectivity index (χ3v) is 5.14. The molecule has 0 saturated carbocycles. The van der Waals surface area contributed by atoms with Gasteiger partial charge in [0.2, 0.25) is 5.91 Å². The van der Waals surface area contributed by atoms with Crippen molar-refractivity contribution in [2.45, 2.75) is 13.1 Å². The number of piperazine rings is 1. The second-order valence-electron chi connectivity index (χ2n) is 7.16. The van der Waals surface area contributed by atoms with Gasteiger partial charge in [-0.1, -0.05) is 35.9 Å². The molecule has 0 radical (unpaired) electrons. The molecule has 0 aliphatic carbocycles. The Morgan fingerprint density at radius 2 is 1.81 bits per heavy atom. The van der Waals surface area contributed by atoms with Gasteiger partial charge in [-0.05, 0) is 35.4 Å². The lowest BCUT2D eigenvalue weighted by Crippen LogP contribution is -2.49.